The molecule has 6 nitrogen and oxygen atoms in total. The second kappa shape index (κ2) is 6.76. The molecule has 0 aliphatic carbocycles. The summed E-state index contributed by atoms with van der Waals surface area (Å²) in [6.07, 6.45) is 0. The summed E-state index contributed by atoms with van der Waals surface area (Å²) in [5, 5.41) is 9.16. The second-order valence-corrected chi connectivity index (χ2v) is 4.79. The van der Waals surface area contributed by atoms with Gasteiger partial charge in [-0.2, -0.15) is 5.26 Å². The Kier molecular flexibility index (Phi) is 4.79. The smallest absolute Gasteiger partial charge is 0.350 e. The minimum absolute atomic E-state index is 0.0997. The Morgan fingerprint density at radius 3 is 2.73 bits per heavy atom. The number of cyclic esters (lactones) is 1. The maximum atomic E-state index is 12.0. The van der Waals surface area contributed by atoms with Gasteiger partial charge < -0.3 is 15.2 Å². The van der Waals surface area contributed by atoms with Crippen molar-refractivity contribution in [1.29, 1.82) is 5.26 Å². The van der Waals surface area contributed by atoms with Crippen LogP contribution in [-0.4, -0.2) is 25.2 Å². The molecule has 0 unspecified atom stereocenters. The van der Waals surface area contributed by atoms with Gasteiger partial charge in [-0.15, -0.1) is 0 Å². The van der Waals surface area contributed by atoms with Crippen LogP contribution < -0.4 is 5.73 Å². The maximum Gasteiger partial charge on any atom is 0.350 e. The third-order valence-corrected chi connectivity index (χ3v) is 3.50. The van der Waals surface area contributed by atoms with Crippen molar-refractivity contribution in [3.63, 3.8) is 0 Å². The highest BCUT2D eigenvalue weighted by Crippen LogP contribution is 2.36. The Hall–Kier alpha value is -2.81. The highest BCUT2D eigenvalue weighted by atomic mass is 16.5. The molecule has 1 saturated heterocycles. The number of benzene rings is 1. The SMILES string of the molecule is CCOC(=O)/C(C#N)=C(\N)[C@@H]1C(=O)OC[C@H]1c1ccccc1. The maximum absolute atomic E-state index is 12.0. The number of rotatable bonds is 4. The van der Waals surface area contributed by atoms with Crippen LogP contribution in [-0.2, 0) is 19.1 Å². The van der Waals surface area contributed by atoms with Crippen LogP contribution in [0.3, 0.4) is 0 Å². The molecule has 1 aliphatic rings. The van der Waals surface area contributed by atoms with E-state index in [0.29, 0.717) is 0 Å². The standard InChI is InChI=1S/C16H16N2O4/c1-2-21-15(19)11(8-17)14(18)13-12(9-22-16(13)20)10-6-4-3-5-7-10/h3-7,12-13H,2,9,18H2,1H3/b14-11-/t12-,13+/m0/s1. The summed E-state index contributed by atoms with van der Waals surface area (Å²) in [7, 11) is 0. The molecule has 0 radical (unpaired) electrons. The fourth-order valence-electron chi connectivity index (χ4n) is 2.44. The largest absolute Gasteiger partial charge is 0.464 e. The van der Waals surface area contributed by atoms with Gasteiger partial charge in [0.05, 0.1) is 13.2 Å². The molecule has 1 aliphatic heterocycles. The molecule has 6 heteroatoms. The molecule has 1 aromatic rings. The number of carbonyl (C=O) groups excluding carboxylic acids is 2. The van der Waals surface area contributed by atoms with E-state index in [0.717, 1.165) is 5.56 Å². The van der Waals surface area contributed by atoms with Gasteiger partial charge in [-0.1, -0.05) is 30.3 Å². The molecule has 114 valence electrons. The van der Waals surface area contributed by atoms with E-state index in [9.17, 15) is 9.59 Å². The minimum Gasteiger partial charge on any atom is -0.464 e. The van der Waals surface area contributed by atoms with Crippen LogP contribution in [0.1, 0.15) is 18.4 Å². The molecule has 2 atom stereocenters. The predicted octanol–water partition coefficient (Wildman–Crippen LogP) is 1.24. The number of hydrogen-bond acceptors (Lipinski definition) is 6. The lowest BCUT2D eigenvalue weighted by Crippen LogP contribution is -2.26. The van der Waals surface area contributed by atoms with Gasteiger partial charge in [0.2, 0.25) is 0 Å². The number of esters is 2. The quantitative estimate of drug-likeness (QED) is 0.510. The molecule has 0 amide bonds. The van der Waals surface area contributed by atoms with Crippen LogP contribution >= 0.6 is 0 Å². The normalized spacial score (nSPS) is 21.5. The van der Waals surface area contributed by atoms with Crippen molar-refractivity contribution in [1.82, 2.24) is 0 Å². The summed E-state index contributed by atoms with van der Waals surface area (Å²) >= 11 is 0. The Bertz CT molecular complexity index is 646. The molecular weight excluding hydrogens is 284 g/mol. The van der Waals surface area contributed by atoms with E-state index >= 15 is 0 Å². The number of carbonyl (C=O) groups is 2. The summed E-state index contributed by atoms with van der Waals surface area (Å²) in [6.45, 7) is 1.91. The van der Waals surface area contributed by atoms with Crippen molar-refractivity contribution in [2.75, 3.05) is 13.2 Å². The topological polar surface area (TPSA) is 102 Å². The van der Waals surface area contributed by atoms with Crippen LogP contribution in [0.25, 0.3) is 0 Å². The second-order valence-electron chi connectivity index (χ2n) is 4.79. The lowest BCUT2D eigenvalue weighted by Gasteiger charge is -2.17. The average Bonchev–Trinajstić information content (AvgIpc) is 2.90. The number of nitrogens with two attached hydrogens (primary N) is 1. The number of hydrogen-bond donors (Lipinski definition) is 1. The number of nitrogens with zero attached hydrogens (tertiary/aromatic N) is 1. The molecular formula is C16H16N2O4. The van der Waals surface area contributed by atoms with Crippen LogP contribution in [0, 0.1) is 17.2 Å². The first-order chi connectivity index (χ1) is 10.6. The fourth-order valence-corrected chi connectivity index (χ4v) is 2.44. The monoisotopic (exact) mass is 300 g/mol. The van der Waals surface area contributed by atoms with E-state index in [-0.39, 0.29) is 30.4 Å². The fraction of sp³-hybridized carbons (Fsp3) is 0.312. The third kappa shape index (κ3) is 2.93. The molecule has 0 spiro atoms. The van der Waals surface area contributed by atoms with Crippen molar-refractivity contribution in [3.05, 3.63) is 47.2 Å². The molecule has 1 fully saturated rings. The number of ether oxygens (including phenoxy) is 2. The molecule has 2 N–H and O–H groups in total. The first-order valence-electron chi connectivity index (χ1n) is 6.88. The van der Waals surface area contributed by atoms with Gasteiger partial charge in [-0.25, -0.2) is 4.79 Å². The Labute approximate surface area is 128 Å². The molecule has 0 aromatic heterocycles. The van der Waals surface area contributed by atoms with Crippen molar-refractivity contribution in [3.8, 4) is 6.07 Å². The highest BCUT2D eigenvalue weighted by Gasteiger charge is 2.41. The van der Waals surface area contributed by atoms with E-state index < -0.39 is 17.9 Å². The van der Waals surface area contributed by atoms with Gasteiger partial charge in [-0.05, 0) is 12.5 Å². The first-order valence-corrected chi connectivity index (χ1v) is 6.88. The Balaban J connectivity index is 2.40. The summed E-state index contributed by atoms with van der Waals surface area (Å²) in [4.78, 5) is 23.8. The summed E-state index contributed by atoms with van der Waals surface area (Å²) < 4.78 is 9.87. The van der Waals surface area contributed by atoms with Crippen LogP contribution in [0.5, 0.6) is 0 Å². The van der Waals surface area contributed by atoms with Crippen molar-refractivity contribution >= 4 is 11.9 Å². The predicted molar refractivity (Wildman–Crippen MR) is 77.1 cm³/mol. The van der Waals surface area contributed by atoms with Crippen LogP contribution in [0.15, 0.2) is 41.6 Å². The summed E-state index contributed by atoms with van der Waals surface area (Å²) in [6, 6.07) is 11.0. The van der Waals surface area contributed by atoms with Crippen molar-refractivity contribution in [2.45, 2.75) is 12.8 Å². The molecule has 22 heavy (non-hydrogen) atoms. The zero-order valence-electron chi connectivity index (χ0n) is 12.1. The third-order valence-electron chi connectivity index (χ3n) is 3.50. The van der Waals surface area contributed by atoms with E-state index in [1.54, 1.807) is 13.0 Å². The first kappa shape index (κ1) is 15.6. The van der Waals surface area contributed by atoms with Gasteiger partial charge in [0, 0.05) is 11.6 Å². The van der Waals surface area contributed by atoms with E-state index in [2.05, 4.69) is 0 Å². The van der Waals surface area contributed by atoms with Crippen molar-refractivity contribution in [2.24, 2.45) is 11.7 Å². The lowest BCUT2D eigenvalue weighted by molar-refractivity contribution is -0.140. The van der Waals surface area contributed by atoms with E-state index in [1.165, 1.54) is 0 Å². The highest BCUT2D eigenvalue weighted by molar-refractivity contribution is 5.95. The van der Waals surface area contributed by atoms with Gasteiger partial charge in [0.25, 0.3) is 0 Å². The van der Waals surface area contributed by atoms with Crippen LogP contribution in [0.4, 0.5) is 0 Å². The molecule has 0 bridgehead atoms. The lowest BCUT2D eigenvalue weighted by atomic mass is 9.85. The Morgan fingerprint density at radius 1 is 1.45 bits per heavy atom. The zero-order valence-corrected chi connectivity index (χ0v) is 12.1. The van der Waals surface area contributed by atoms with Crippen LogP contribution in [0.2, 0.25) is 0 Å². The Morgan fingerprint density at radius 2 is 2.14 bits per heavy atom. The van der Waals surface area contributed by atoms with E-state index in [4.69, 9.17) is 20.5 Å². The summed E-state index contributed by atoms with van der Waals surface area (Å²) in [5.41, 5.74) is 6.36. The minimum atomic E-state index is -0.860. The van der Waals surface area contributed by atoms with Crippen molar-refractivity contribution < 1.29 is 19.1 Å². The molecule has 1 heterocycles. The molecule has 2 rings (SSSR count). The molecule has 1 aromatic carbocycles. The van der Waals surface area contributed by atoms with E-state index in [1.807, 2.05) is 30.3 Å². The van der Waals surface area contributed by atoms with Gasteiger partial charge in [0.15, 0.2) is 5.57 Å². The van der Waals surface area contributed by atoms with Gasteiger partial charge >= 0.3 is 11.9 Å². The van der Waals surface area contributed by atoms with Gasteiger partial charge in [0.1, 0.15) is 12.0 Å². The summed E-state index contributed by atoms with van der Waals surface area (Å²) in [5.74, 6) is -2.55. The van der Waals surface area contributed by atoms with Gasteiger partial charge in [-0.3, -0.25) is 4.79 Å². The number of nitriles is 1. The zero-order chi connectivity index (χ0) is 16.1. The molecule has 0 saturated carbocycles. The average molecular weight is 300 g/mol.